The van der Waals surface area contributed by atoms with Crippen molar-refractivity contribution >= 4 is 51.4 Å². The molecule has 2 heterocycles. The van der Waals surface area contributed by atoms with Crippen LogP contribution in [0.3, 0.4) is 0 Å². The fourth-order valence-corrected chi connectivity index (χ4v) is 4.77. The molecule has 1 aliphatic heterocycles. The van der Waals surface area contributed by atoms with Gasteiger partial charge in [-0.15, -0.1) is 0 Å². The standard InChI is InChI=1S/C27H17F3N2O4S/c28-27(29,30)20-10-4-3-9-19(20)22-13-12-17(36-22)14-23-25(34)32(26(35)37-23)15-24(33)31-21-11-5-7-16-6-1-2-8-18(16)21/h1-14H,15H2,(H,31,33)/b23-14+. The number of amides is 3. The van der Waals surface area contributed by atoms with E-state index < -0.39 is 35.3 Å². The Kier molecular flexibility index (Phi) is 6.34. The van der Waals surface area contributed by atoms with Crippen molar-refractivity contribution < 1.29 is 32.0 Å². The lowest BCUT2D eigenvalue weighted by Gasteiger charge is -2.13. The van der Waals surface area contributed by atoms with Gasteiger partial charge in [0, 0.05) is 22.7 Å². The van der Waals surface area contributed by atoms with E-state index in [4.69, 9.17) is 4.42 Å². The number of benzene rings is 3. The highest BCUT2D eigenvalue weighted by molar-refractivity contribution is 8.18. The number of hydrogen-bond donors (Lipinski definition) is 1. The molecule has 1 aromatic heterocycles. The molecule has 0 aliphatic carbocycles. The van der Waals surface area contributed by atoms with Crippen LogP contribution in [0.4, 0.5) is 23.7 Å². The molecule has 1 N–H and O–H groups in total. The Hall–Kier alpha value is -4.31. The SMILES string of the molecule is O=C(CN1C(=O)S/C(=C/c2ccc(-c3ccccc3C(F)(F)F)o2)C1=O)Nc1cccc2ccccc12. The third kappa shape index (κ3) is 5.01. The van der Waals surface area contributed by atoms with E-state index in [1.54, 1.807) is 12.1 Å². The molecule has 10 heteroatoms. The fourth-order valence-electron chi connectivity index (χ4n) is 3.95. The number of halogens is 3. The average Bonchev–Trinajstić information content (AvgIpc) is 3.44. The Balaban J connectivity index is 1.32. The zero-order valence-electron chi connectivity index (χ0n) is 18.9. The van der Waals surface area contributed by atoms with Crippen molar-refractivity contribution in [1.82, 2.24) is 4.90 Å². The third-order valence-corrected chi connectivity index (χ3v) is 6.54. The second kappa shape index (κ2) is 9.62. The quantitative estimate of drug-likeness (QED) is 0.292. The Bertz CT molecular complexity index is 1570. The number of anilines is 1. The smallest absolute Gasteiger partial charge is 0.417 e. The van der Waals surface area contributed by atoms with Crippen LogP contribution in [0.15, 0.2) is 88.2 Å². The van der Waals surface area contributed by atoms with Crippen LogP contribution in [0.2, 0.25) is 0 Å². The predicted octanol–water partition coefficient (Wildman–Crippen LogP) is 6.79. The van der Waals surface area contributed by atoms with Crippen LogP contribution in [-0.2, 0) is 15.8 Å². The van der Waals surface area contributed by atoms with Crippen LogP contribution in [0.25, 0.3) is 28.2 Å². The van der Waals surface area contributed by atoms with E-state index in [9.17, 15) is 27.6 Å². The van der Waals surface area contributed by atoms with Gasteiger partial charge < -0.3 is 9.73 Å². The number of carbonyl (C=O) groups excluding carboxylic acids is 3. The number of fused-ring (bicyclic) bond motifs is 1. The molecule has 6 nitrogen and oxygen atoms in total. The van der Waals surface area contributed by atoms with Crippen LogP contribution in [0.1, 0.15) is 11.3 Å². The lowest BCUT2D eigenvalue weighted by atomic mass is 10.1. The molecule has 0 atom stereocenters. The molecule has 3 aromatic carbocycles. The Labute approximate surface area is 212 Å². The van der Waals surface area contributed by atoms with E-state index in [0.29, 0.717) is 17.4 Å². The van der Waals surface area contributed by atoms with E-state index in [-0.39, 0.29) is 22.0 Å². The summed E-state index contributed by atoms with van der Waals surface area (Å²) in [6.07, 6.45) is -3.30. The van der Waals surface area contributed by atoms with E-state index in [0.717, 1.165) is 21.7 Å². The van der Waals surface area contributed by atoms with Gasteiger partial charge in [0.1, 0.15) is 18.1 Å². The zero-order valence-corrected chi connectivity index (χ0v) is 19.7. The van der Waals surface area contributed by atoms with Gasteiger partial charge in [-0.3, -0.25) is 19.3 Å². The molecule has 5 rings (SSSR count). The molecule has 1 fully saturated rings. The summed E-state index contributed by atoms with van der Waals surface area (Å²) >= 11 is 0.618. The molecule has 186 valence electrons. The summed E-state index contributed by atoms with van der Waals surface area (Å²) < 4.78 is 45.6. The Morgan fingerprint density at radius 3 is 2.49 bits per heavy atom. The van der Waals surface area contributed by atoms with E-state index in [2.05, 4.69) is 5.32 Å². The largest absolute Gasteiger partial charge is 0.457 e. The molecule has 0 spiro atoms. The number of nitrogens with one attached hydrogen (secondary N) is 1. The first-order valence-corrected chi connectivity index (χ1v) is 11.8. The summed E-state index contributed by atoms with van der Waals surface area (Å²) in [7, 11) is 0. The normalized spacial score (nSPS) is 15.1. The monoisotopic (exact) mass is 522 g/mol. The molecule has 0 radical (unpaired) electrons. The minimum Gasteiger partial charge on any atom is -0.457 e. The Morgan fingerprint density at radius 2 is 1.68 bits per heavy atom. The molecule has 0 bridgehead atoms. The highest BCUT2D eigenvalue weighted by Gasteiger charge is 2.37. The van der Waals surface area contributed by atoms with E-state index >= 15 is 0 Å². The number of alkyl halides is 3. The number of imide groups is 1. The number of nitrogens with zero attached hydrogens (tertiary/aromatic N) is 1. The summed E-state index contributed by atoms with van der Waals surface area (Å²) in [5, 5.41) is 3.83. The van der Waals surface area contributed by atoms with Gasteiger partial charge in [-0.1, -0.05) is 54.6 Å². The maximum absolute atomic E-state index is 13.3. The predicted molar refractivity (Wildman–Crippen MR) is 134 cm³/mol. The first kappa shape index (κ1) is 24.4. The number of furan rings is 1. The molecule has 4 aromatic rings. The Morgan fingerprint density at radius 1 is 0.946 bits per heavy atom. The van der Waals surface area contributed by atoms with Crippen molar-refractivity contribution in [2.24, 2.45) is 0 Å². The number of thioether (sulfide) groups is 1. The van der Waals surface area contributed by atoms with Gasteiger partial charge in [-0.2, -0.15) is 13.2 Å². The van der Waals surface area contributed by atoms with Gasteiger partial charge >= 0.3 is 6.18 Å². The first-order chi connectivity index (χ1) is 17.7. The van der Waals surface area contributed by atoms with Crippen molar-refractivity contribution in [2.75, 3.05) is 11.9 Å². The van der Waals surface area contributed by atoms with E-state index in [1.807, 2.05) is 30.3 Å². The molecule has 1 saturated heterocycles. The average molecular weight is 523 g/mol. The zero-order chi connectivity index (χ0) is 26.2. The summed E-state index contributed by atoms with van der Waals surface area (Å²) in [5.74, 6) is -1.19. The molecule has 0 saturated carbocycles. The van der Waals surface area contributed by atoms with Gasteiger partial charge in [0.15, 0.2) is 0 Å². The summed E-state index contributed by atoms with van der Waals surface area (Å²) in [4.78, 5) is 38.7. The topological polar surface area (TPSA) is 79.6 Å². The minimum absolute atomic E-state index is 0.00651. The molecule has 1 aliphatic rings. The van der Waals surface area contributed by atoms with Crippen molar-refractivity contribution in [3.8, 4) is 11.3 Å². The number of hydrogen-bond acceptors (Lipinski definition) is 5. The second-order valence-corrected chi connectivity index (χ2v) is 9.08. The first-order valence-electron chi connectivity index (χ1n) is 11.0. The van der Waals surface area contributed by atoms with Crippen molar-refractivity contribution in [3.05, 3.63) is 95.1 Å². The van der Waals surface area contributed by atoms with Crippen molar-refractivity contribution in [3.63, 3.8) is 0 Å². The maximum Gasteiger partial charge on any atom is 0.417 e. The van der Waals surface area contributed by atoms with Gasteiger partial charge in [-0.25, -0.2) is 0 Å². The third-order valence-electron chi connectivity index (χ3n) is 5.64. The van der Waals surface area contributed by atoms with E-state index in [1.165, 1.54) is 36.4 Å². The molecule has 37 heavy (non-hydrogen) atoms. The van der Waals surface area contributed by atoms with Gasteiger partial charge in [0.05, 0.1) is 10.5 Å². The minimum atomic E-state index is -4.57. The van der Waals surface area contributed by atoms with Crippen LogP contribution in [0, 0.1) is 0 Å². The summed E-state index contributed by atoms with van der Waals surface area (Å²) in [5.41, 5.74) is -0.450. The number of rotatable bonds is 5. The number of carbonyl (C=O) groups is 3. The fraction of sp³-hybridized carbons (Fsp3) is 0.0741. The maximum atomic E-state index is 13.3. The summed E-state index contributed by atoms with van der Waals surface area (Å²) in [6, 6.07) is 20.6. The van der Waals surface area contributed by atoms with Crippen molar-refractivity contribution in [1.29, 1.82) is 0 Å². The van der Waals surface area contributed by atoms with Crippen LogP contribution in [0.5, 0.6) is 0 Å². The molecular formula is C27H17F3N2O4S. The lowest BCUT2D eigenvalue weighted by molar-refractivity contribution is -0.137. The van der Waals surface area contributed by atoms with Crippen LogP contribution < -0.4 is 5.32 Å². The summed E-state index contributed by atoms with van der Waals surface area (Å²) in [6.45, 7) is -0.492. The highest BCUT2D eigenvalue weighted by Crippen LogP contribution is 2.38. The van der Waals surface area contributed by atoms with Gasteiger partial charge in [0.2, 0.25) is 5.91 Å². The molecule has 3 amide bonds. The van der Waals surface area contributed by atoms with Crippen LogP contribution >= 0.6 is 11.8 Å². The molecular weight excluding hydrogens is 505 g/mol. The highest BCUT2D eigenvalue weighted by atomic mass is 32.2. The van der Waals surface area contributed by atoms with Crippen molar-refractivity contribution in [2.45, 2.75) is 6.18 Å². The van der Waals surface area contributed by atoms with Crippen LogP contribution in [-0.4, -0.2) is 28.5 Å². The van der Waals surface area contributed by atoms with Gasteiger partial charge in [-0.05, 0) is 41.4 Å². The molecule has 0 unspecified atom stereocenters. The lowest BCUT2D eigenvalue weighted by Crippen LogP contribution is -2.36. The second-order valence-electron chi connectivity index (χ2n) is 8.09. The van der Waals surface area contributed by atoms with Gasteiger partial charge in [0.25, 0.3) is 11.1 Å².